The summed E-state index contributed by atoms with van der Waals surface area (Å²) < 4.78 is 0. The van der Waals surface area contributed by atoms with Gasteiger partial charge in [-0.15, -0.1) is 22.7 Å². The predicted octanol–water partition coefficient (Wildman–Crippen LogP) is 2.53. The Morgan fingerprint density at radius 2 is 1.80 bits per heavy atom. The lowest BCUT2D eigenvalue weighted by atomic mass is 10.2. The monoisotopic (exact) mass is 377 g/mol. The molecule has 2 aromatic rings. The third-order valence-corrected chi connectivity index (χ3v) is 6.30. The van der Waals surface area contributed by atoms with Gasteiger partial charge >= 0.3 is 0 Å². The highest BCUT2D eigenvalue weighted by molar-refractivity contribution is 7.12. The molecule has 2 amide bonds. The number of carbonyl (C=O) groups excluding carboxylic acids is 2. The molecule has 2 aromatic heterocycles. The van der Waals surface area contributed by atoms with E-state index >= 15 is 0 Å². The van der Waals surface area contributed by atoms with E-state index in [9.17, 15) is 9.59 Å². The Morgan fingerprint density at radius 3 is 2.40 bits per heavy atom. The van der Waals surface area contributed by atoms with Gasteiger partial charge in [-0.25, -0.2) is 0 Å². The Kier molecular flexibility index (Phi) is 5.88. The van der Waals surface area contributed by atoms with Crippen LogP contribution in [0.1, 0.15) is 20.1 Å². The highest BCUT2D eigenvalue weighted by Gasteiger charge is 2.25. The summed E-state index contributed by atoms with van der Waals surface area (Å²) in [5.41, 5.74) is 1.28. The minimum atomic E-state index is 0.0763. The molecule has 1 aliphatic heterocycles. The van der Waals surface area contributed by atoms with Crippen LogP contribution in [0.25, 0.3) is 0 Å². The van der Waals surface area contributed by atoms with Crippen LogP contribution in [0.4, 0.5) is 0 Å². The fourth-order valence-corrected chi connectivity index (χ4v) is 4.59. The van der Waals surface area contributed by atoms with E-state index in [4.69, 9.17) is 0 Å². The lowest BCUT2D eigenvalue weighted by Gasteiger charge is -2.35. The maximum Gasteiger partial charge on any atom is 0.264 e. The number of aryl methyl sites for hydroxylation is 1. The van der Waals surface area contributed by atoms with E-state index in [0.717, 1.165) is 11.4 Å². The molecule has 25 heavy (non-hydrogen) atoms. The lowest BCUT2D eigenvalue weighted by Crippen LogP contribution is -2.52. The van der Waals surface area contributed by atoms with Gasteiger partial charge in [0.1, 0.15) is 0 Å². The molecule has 5 nitrogen and oxygen atoms in total. The summed E-state index contributed by atoms with van der Waals surface area (Å²) >= 11 is 3.20. The van der Waals surface area contributed by atoms with Gasteiger partial charge in [0.05, 0.1) is 11.4 Å². The summed E-state index contributed by atoms with van der Waals surface area (Å²) in [5, 5.41) is 4.00. The number of likely N-dealkylation sites (N-methyl/N-ethyl adjacent to an activating group) is 1. The number of piperazine rings is 1. The molecule has 1 fully saturated rings. The number of rotatable bonds is 5. The van der Waals surface area contributed by atoms with Crippen LogP contribution in [0, 0.1) is 6.92 Å². The molecule has 0 atom stereocenters. The molecule has 134 valence electrons. The Hall–Kier alpha value is -1.70. The van der Waals surface area contributed by atoms with Crippen molar-refractivity contribution in [2.75, 3.05) is 39.8 Å². The van der Waals surface area contributed by atoms with Crippen molar-refractivity contribution in [1.29, 1.82) is 0 Å². The van der Waals surface area contributed by atoms with Crippen LogP contribution in [-0.4, -0.2) is 66.3 Å². The van der Waals surface area contributed by atoms with Crippen molar-refractivity contribution in [2.24, 2.45) is 0 Å². The summed E-state index contributed by atoms with van der Waals surface area (Å²) in [6, 6.07) is 5.86. The number of amides is 2. The first-order valence-electron chi connectivity index (χ1n) is 8.36. The summed E-state index contributed by atoms with van der Waals surface area (Å²) in [4.78, 5) is 32.7. The van der Waals surface area contributed by atoms with Crippen molar-refractivity contribution in [3.05, 3.63) is 44.3 Å². The highest BCUT2D eigenvalue weighted by atomic mass is 32.1. The van der Waals surface area contributed by atoms with E-state index in [2.05, 4.69) is 23.3 Å². The van der Waals surface area contributed by atoms with Crippen LogP contribution in [0.5, 0.6) is 0 Å². The average Bonchev–Trinajstić information content (AvgIpc) is 3.27. The zero-order valence-electron chi connectivity index (χ0n) is 14.6. The number of nitrogens with zero attached hydrogens (tertiary/aromatic N) is 3. The Labute approximate surface area is 156 Å². The molecular weight excluding hydrogens is 354 g/mol. The van der Waals surface area contributed by atoms with Gasteiger partial charge < -0.3 is 9.80 Å². The van der Waals surface area contributed by atoms with Gasteiger partial charge in [-0.1, -0.05) is 6.07 Å². The summed E-state index contributed by atoms with van der Waals surface area (Å²) in [5.74, 6) is 0.215. The van der Waals surface area contributed by atoms with Crippen LogP contribution >= 0.6 is 22.7 Å². The zero-order chi connectivity index (χ0) is 17.8. The number of thiophene rings is 2. The van der Waals surface area contributed by atoms with E-state index in [1.165, 1.54) is 21.8 Å². The summed E-state index contributed by atoms with van der Waals surface area (Å²) in [7, 11) is 1.98. The molecule has 0 spiro atoms. The van der Waals surface area contributed by atoms with Crippen molar-refractivity contribution < 1.29 is 9.59 Å². The normalized spacial score (nSPS) is 15.0. The molecule has 1 aliphatic rings. The fourth-order valence-electron chi connectivity index (χ4n) is 2.91. The molecule has 3 rings (SSSR count). The Morgan fingerprint density at radius 1 is 1.08 bits per heavy atom. The topological polar surface area (TPSA) is 43.9 Å². The molecule has 0 aliphatic carbocycles. The minimum absolute atomic E-state index is 0.0763. The van der Waals surface area contributed by atoms with E-state index in [-0.39, 0.29) is 11.8 Å². The summed E-state index contributed by atoms with van der Waals surface area (Å²) in [6.45, 7) is 5.75. The van der Waals surface area contributed by atoms with Gasteiger partial charge in [0.15, 0.2) is 0 Å². The second-order valence-electron chi connectivity index (χ2n) is 6.35. The molecule has 0 radical (unpaired) electrons. The molecular formula is C18H23N3O2S2. The average molecular weight is 378 g/mol. The van der Waals surface area contributed by atoms with E-state index in [1.54, 1.807) is 11.3 Å². The van der Waals surface area contributed by atoms with E-state index < -0.39 is 0 Å². The Bertz CT molecular complexity index is 719. The van der Waals surface area contributed by atoms with Crippen LogP contribution in [0.3, 0.4) is 0 Å². The van der Waals surface area contributed by atoms with Crippen LogP contribution in [-0.2, 0) is 11.3 Å². The van der Waals surface area contributed by atoms with Crippen molar-refractivity contribution in [1.82, 2.24) is 14.7 Å². The van der Waals surface area contributed by atoms with Crippen LogP contribution in [0.2, 0.25) is 0 Å². The van der Waals surface area contributed by atoms with Gasteiger partial charge in [-0.2, -0.15) is 0 Å². The second-order valence-corrected chi connectivity index (χ2v) is 8.30. The standard InChI is InChI=1S/C18H23N3O2S2/c1-14-5-11-25-16(14)12-19(2)13-17(22)20-6-8-21(9-7-20)18(23)15-4-3-10-24-15/h3-5,10-11H,6-9,12-13H2,1-2H3. The maximum absolute atomic E-state index is 12.5. The third kappa shape index (κ3) is 4.48. The summed E-state index contributed by atoms with van der Waals surface area (Å²) in [6.07, 6.45) is 0. The van der Waals surface area contributed by atoms with Crippen molar-refractivity contribution in [3.63, 3.8) is 0 Å². The zero-order valence-corrected chi connectivity index (χ0v) is 16.2. The first-order valence-corrected chi connectivity index (χ1v) is 10.1. The molecule has 0 N–H and O–H groups in total. The van der Waals surface area contributed by atoms with E-state index in [0.29, 0.717) is 32.7 Å². The largest absolute Gasteiger partial charge is 0.338 e. The van der Waals surface area contributed by atoms with Gasteiger partial charge in [-0.3, -0.25) is 14.5 Å². The molecule has 0 saturated carbocycles. The van der Waals surface area contributed by atoms with Crippen molar-refractivity contribution in [2.45, 2.75) is 13.5 Å². The van der Waals surface area contributed by atoms with Crippen LogP contribution in [0.15, 0.2) is 29.0 Å². The molecule has 0 aromatic carbocycles. The lowest BCUT2D eigenvalue weighted by molar-refractivity contribution is -0.133. The smallest absolute Gasteiger partial charge is 0.264 e. The highest BCUT2D eigenvalue weighted by Crippen LogP contribution is 2.17. The Balaban J connectivity index is 1.46. The predicted molar refractivity (Wildman–Crippen MR) is 102 cm³/mol. The minimum Gasteiger partial charge on any atom is -0.338 e. The number of hydrogen-bond acceptors (Lipinski definition) is 5. The molecule has 0 bridgehead atoms. The van der Waals surface area contributed by atoms with Gasteiger partial charge in [0.25, 0.3) is 5.91 Å². The SMILES string of the molecule is Cc1ccsc1CN(C)CC(=O)N1CCN(C(=O)c2cccs2)CC1. The van der Waals surface area contributed by atoms with Gasteiger partial charge in [-0.05, 0) is 42.4 Å². The third-order valence-electron chi connectivity index (χ3n) is 4.44. The molecule has 3 heterocycles. The molecule has 7 heteroatoms. The maximum atomic E-state index is 12.5. The second kappa shape index (κ2) is 8.12. The first kappa shape index (κ1) is 18.1. The first-order chi connectivity index (χ1) is 12.0. The van der Waals surface area contributed by atoms with E-state index in [1.807, 2.05) is 34.4 Å². The van der Waals surface area contributed by atoms with Crippen LogP contribution < -0.4 is 0 Å². The molecule has 1 saturated heterocycles. The van der Waals surface area contributed by atoms with Crippen molar-refractivity contribution in [3.8, 4) is 0 Å². The van der Waals surface area contributed by atoms with Crippen molar-refractivity contribution >= 4 is 34.5 Å². The van der Waals surface area contributed by atoms with Gasteiger partial charge in [0, 0.05) is 37.6 Å². The number of carbonyl (C=O) groups is 2. The molecule has 0 unspecified atom stereocenters. The van der Waals surface area contributed by atoms with Gasteiger partial charge in [0.2, 0.25) is 5.91 Å². The fraction of sp³-hybridized carbons (Fsp3) is 0.444. The number of hydrogen-bond donors (Lipinski definition) is 0. The quantitative estimate of drug-likeness (QED) is 0.804.